The van der Waals surface area contributed by atoms with E-state index in [1.165, 1.54) is 0 Å². The van der Waals surface area contributed by atoms with Gasteiger partial charge in [0.25, 0.3) is 0 Å². The molecule has 74 valence electrons. The van der Waals surface area contributed by atoms with Gasteiger partial charge in [0.1, 0.15) is 0 Å². The maximum atomic E-state index is 5.44. The fourth-order valence-corrected chi connectivity index (χ4v) is 1.42. The zero-order valence-electron chi connectivity index (χ0n) is 8.41. The number of H-pyrrole nitrogens is 1. The lowest BCUT2D eigenvalue weighted by Crippen LogP contribution is -2.31. The fraction of sp³-hybridized carbons (Fsp3) is 0.750. The van der Waals surface area contributed by atoms with E-state index in [9.17, 15) is 0 Å². The number of hydrogen-bond acceptors (Lipinski definition) is 4. The van der Waals surface area contributed by atoms with Crippen LogP contribution in [0.2, 0.25) is 0 Å². The molecule has 0 amide bonds. The molecule has 0 radical (unpaired) electrons. The molecule has 0 aliphatic carbocycles. The van der Waals surface area contributed by atoms with E-state index in [2.05, 4.69) is 29.0 Å². The lowest BCUT2D eigenvalue weighted by molar-refractivity contribution is 0.582. The quantitative estimate of drug-likeness (QED) is 0.731. The highest BCUT2D eigenvalue weighted by Crippen LogP contribution is 2.13. The van der Waals surface area contributed by atoms with Crippen LogP contribution in [0.1, 0.15) is 26.7 Å². The van der Waals surface area contributed by atoms with Crippen molar-refractivity contribution in [3.63, 3.8) is 0 Å². The maximum absolute atomic E-state index is 5.44. The third kappa shape index (κ3) is 2.11. The highest BCUT2D eigenvalue weighted by Gasteiger charge is 2.14. The summed E-state index contributed by atoms with van der Waals surface area (Å²) in [5, 5.41) is 6.62. The Morgan fingerprint density at radius 1 is 1.46 bits per heavy atom. The number of aromatic amines is 1. The minimum absolute atomic E-state index is 0.368. The number of rotatable bonds is 4. The average molecular weight is 183 g/mol. The summed E-state index contributed by atoms with van der Waals surface area (Å²) < 4.78 is 0. The molecule has 0 aliphatic rings. The summed E-state index contributed by atoms with van der Waals surface area (Å²) in [4.78, 5) is 6.11. The molecule has 0 spiro atoms. The molecule has 1 aromatic heterocycles. The van der Waals surface area contributed by atoms with Crippen LogP contribution < -0.4 is 10.6 Å². The van der Waals surface area contributed by atoms with Crippen LogP contribution in [-0.2, 0) is 0 Å². The standard InChI is InChI=1S/C8H17N5/c1-4-6(5-2)13(3)8-10-7(9)11-12-8/h6H,4-5H2,1-3H3,(H3,9,10,11,12). The molecule has 5 heteroatoms. The van der Waals surface area contributed by atoms with Crippen LogP contribution in [0.4, 0.5) is 11.9 Å². The second-order valence-electron chi connectivity index (χ2n) is 3.10. The van der Waals surface area contributed by atoms with Crippen LogP contribution in [0.5, 0.6) is 0 Å². The van der Waals surface area contributed by atoms with Crippen LogP contribution in [0.25, 0.3) is 0 Å². The molecular formula is C8H17N5. The molecule has 0 aliphatic heterocycles. The molecule has 13 heavy (non-hydrogen) atoms. The lowest BCUT2D eigenvalue weighted by atomic mass is 10.1. The van der Waals surface area contributed by atoms with E-state index in [4.69, 9.17) is 5.73 Å². The number of nitrogens with two attached hydrogens (primary N) is 1. The Labute approximate surface area is 78.3 Å². The van der Waals surface area contributed by atoms with E-state index in [0.29, 0.717) is 17.9 Å². The van der Waals surface area contributed by atoms with Crippen molar-refractivity contribution in [3.05, 3.63) is 0 Å². The summed E-state index contributed by atoms with van der Waals surface area (Å²) in [7, 11) is 1.99. The highest BCUT2D eigenvalue weighted by atomic mass is 15.4. The Hall–Kier alpha value is -1.26. The third-order valence-electron chi connectivity index (χ3n) is 2.30. The number of aromatic nitrogens is 3. The fourth-order valence-electron chi connectivity index (χ4n) is 1.42. The van der Waals surface area contributed by atoms with Gasteiger partial charge in [-0.2, -0.15) is 4.98 Å². The number of nitrogens with one attached hydrogen (secondary N) is 1. The molecule has 0 saturated carbocycles. The first-order valence-corrected chi connectivity index (χ1v) is 4.59. The van der Waals surface area contributed by atoms with Gasteiger partial charge in [-0.1, -0.05) is 13.8 Å². The molecule has 0 unspecified atom stereocenters. The summed E-state index contributed by atoms with van der Waals surface area (Å²) in [5.41, 5.74) is 5.44. The number of nitrogen functional groups attached to an aromatic ring is 1. The molecule has 0 fully saturated rings. The number of anilines is 2. The zero-order chi connectivity index (χ0) is 9.84. The van der Waals surface area contributed by atoms with E-state index in [-0.39, 0.29) is 0 Å². The van der Waals surface area contributed by atoms with Crippen molar-refractivity contribution >= 4 is 11.9 Å². The van der Waals surface area contributed by atoms with Crippen LogP contribution in [-0.4, -0.2) is 28.3 Å². The van der Waals surface area contributed by atoms with Crippen molar-refractivity contribution in [1.82, 2.24) is 15.2 Å². The van der Waals surface area contributed by atoms with Gasteiger partial charge in [-0.3, -0.25) is 0 Å². The summed E-state index contributed by atoms with van der Waals surface area (Å²) in [6.07, 6.45) is 2.17. The van der Waals surface area contributed by atoms with Gasteiger partial charge in [-0.15, -0.1) is 5.10 Å². The summed E-state index contributed by atoms with van der Waals surface area (Å²) >= 11 is 0. The van der Waals surface area contributed by atoms with Crippen molar-refractivity contribution in [2.45, 2.75) is 32.7 Å². The average Bonchev–Trinajstić information content (AvgIpc) is 2.54. The molecule has 5 nitrogen and oxygen atoms in total. The third-order valence-corrected chi connectivity index (χ3v) is 2.30. The second-order valence-corrected chi connectivity index (χ2v) is 3.10. The van der Waals surface area contributed by atoms with Crippen LogP contribution in [0, 0.1) is 0 Å². The first kappa shape index (κ1) is 9.83. The van der Waals surface area contributed by atoms with E-state index in [1.54, 1.807) is 0 Å². The van der Waals surface area contributed by atoms with Gasteiger partial charge in [0, 0.05) is 13.1 Å². The Balaban J connectivity index is 2.71. The van der Waals surface area contributed by atoms with Crippen molar-refractivity contribution in [3.8, 4) is 0 Å². The lowest BCUT2D eigenvalue weighted by Gasteiger charge is -2.24. The van der Waals surface area contributed by atoms with Gasteiger partial charge in [-0.25, -0.2) is 5.10 Å². The monoisotopic (exact) mass is 183 g/mol. The van der Waals surface area contributed by atoms with E-state index in [0.717, 1.165) is 12.8 Å². The minimum atomic E-state index is 0.368. The largest absolute Gasteiger partial charge is 0.368 e. The predicted octanol–water partition coefficient (Wildman–Crippen LogP) is 1.01. The second kappa shape index (κ2) is 4.11. The van der Waals surface area contributed by atoms with Gasteiger partial charge >= 0.3 is 0 Å². The van der Waals surface area contributed by atoms with Crippen LogP contribution in [0.3, 0.4) is 0 Å². The summed E-state index contributed by atoms with van der Waals surface area (Å²) in [6.45, 7) is 4.31. The molecule has 0 saturated heterocycles. The minimum Gasteiger partial charge on any atom is -0.368 e. The maximum Gasteiger partial charge on any atom is 0.246 e. The predicted molar refractivity (Wildman–Crippen MR) is 53.6 cm³/mol. The SMILES string of the molecule is CCC(CC)N(C)c1n[nH]c(N)n1. The number of nitrogens with zero attached hydrogens (tertiary/aromatic N) is 3. The van der Waals surface area contributed by atoms with Gasteiger partial charge in [0.15, 0.2) is 0 Å². The summed E-state index contributed by atoms with van der Waals surface area (Å²) in [6, 6.07) is 0.482. The number of hydrogen-bond donors (Lipinski definition) is 2. The van der Waals surface area contributed by atoms with Crippen molar-refractivity contribution in [2.75, 3.05) is 17.7 Å². The topological polar surface area (TPSA) is 70.8 Å². The Kier molecular flexibility index (Phi) is 3.11. The Morgan fingerprint density at radius 3 is 2.46 bits per heavy atom. The summed E-state index contributed by atoms with van der Waals surface area (Å²) in [5.74, 6) is 1.04. The molecule has 1 rings (SSSR count). The molecule has 0 atom stereocenters. The first-order valence-electron chi connectivity index (χ1n) is 4.59. The van der Waals surface area contributed by atoms with E-state index < -0.39 is 0 Å². The van der Waals surface area contributed by atoms with Gasteiger partial charge in [0.2, 0.25) is 11.9 Å². The molecule has 0 aromatic carbocycles. The van der Waals surface area contributed by atoms with Crippen LogP contribution >= 0.6 is 0 Å². The zero-order valence-corrected chi connectivity index (χ0v) is 8.41. The van der Waals surface area contributed by atoms with Gasteiger partial charge in [0.05, 0.1) is 0 Å². The molecule has 3 N–H and O–H groups in total. The normalized spacial score (nSPS) is 10.8. The van der Waals surface area contributed by atoms with Crippen molar-refractivity contribution < 1.29 is 0 Å². The van der Waals surface area contributed by atoms with E-state index >= 15 is 0 Å². The highest BCUT2D eigenvalue weighted by molar-refractivity contribution is 5.33. The van der Waals surface area contributed by atoms with Gasteiger partial charge in [-0.05, 0) is 12.8 Å². The smallest absolute Gasteiger partial charge is 0.246 e. The molecule has 1 heterocycles. The molecule has 1 aromatic rings. The van der Waals surface area contributed by atoms with Gasteiger partial charge < -0.3 is 10.6 Å². The van der Waals surface area contributed by atoms with Crippen LogP contribution in [0.15, 0.2) is 0 Å². The Bertz CT molecular complexity index is 253. The van der Waals surface area contributed by atoms with Crippen molar-refractivity contribution in [1.29, 1.82) is 0 Å². The van der Waals surface area contributed by atoms with E-state index in [1.807, 2.05) is 11.9 Å². The molecular weight excluding hydrogens is 166 g/mol. The first-order chi connectivity index (χ1) is 6.19. The molecule has 0 bridgehead atoms. The Morgan fingerprint density at radius 2 is 2.08 bits per heavy atom. The van der Waals surface area contributed by atoms with Crippen molar-refractivity contribution in [2.24, 2.45) is 0 Å².